The molecule has 0 fully saturated rings. The summed E-state index contributed by atoms with van der Waals surface area (Å²) in [6.07, 6.45) is 4.36. The zero-order chi connectivity index (χ0) is 35.6. The van der Waals surface area contributed by atoms with Crippen molar-refractivity contribution in [1.82, 2.24) is 4.90 Å². The summed E-state index contributed by atoms with van der Waals surface area (Å²) >= 11 is 0. The van der Waals surface area contributed by atoms with E-state index in [0.29, 0.717) is 19.6 Å². The normalized spacial score (nSPS) is 9.98. The summed E-state index contributed by atoms with van der Waals surface area (Å²) in [5.41, 5.74) is 6.18. The van der Waals surface area contributed by atoms with Gasteiger partial charge in [-0.1, -0.05) is 126 Å². The highest BCUT2D eigenvalue weighted by Gasteiger charge is 2.11. The number of hydrogen-bond acceptors (Lipinski definition) is 4. The SMILES string of the molecule is CC.CC.CC.O=C(O)CCCCN(CCc1ccccc1OCc1ccc(CCc2ccccc2)cc1)Cc1ccc(C(=O)O)cc1. The second kappa shape index (κ2) is 25.6. The third-order valence-electron chi connectivity index (χ3n) is 7.35. The molecule has 6 nitrogen and oxygen atoms in total. The molecule has 4 aromatic carbocycles. The van der Waals surface area contributed by atoms with Gasteiger partial charge in [0.05, 0.1) is 5.56 Å². The minimum Gasteiger partial charge on any atom is -0.489 e. The van der Waals surface area contributed by atoms with Crippen LogP contribution >= 0.6 is 0 Å². The van der Waals surface area contributed by atoms with Crippen molar-refractivity contribution in [3.8, 4) is 5.75 Å². The number of benzene rings is 4. The van der Waals surface area contributed by atoms with E-state index in [1.807, 2.05) is 77.9 Å². The third kappa shape index (κ3) is 16.4. The highest BCUT2D eigenvalue weighted by atomic mass is 16.5. The molecular formula is C42H57NO5. The summed E-state index contributed by atoms with van der Waals surface area (Å²) in [5.74, 6) is -0.858. The number of para-hydroxylation sites is 1. The van der Waals surface area contributed by atoms with Crippen LogP contribution in [0, 0.1) is 0 Å². The summed E-state index contributed by atoms with van der Waals surface area (Å²) in [6, 6.07) is 34.2. The molecule has 0 spiro atoms. The summed E-state index contributed by atoms with van der Waals surface area (Å²) in [7, 11) is 0. The molecule has 0 amide bonds. The fraction of sp³-hybridized carbons (Fsp3) is 0.381. The first-order valence-corrected chi connectivity index (χ1v) is 17.5. The van der Waals surface area contributed by atoms with E-state index in [1.165, 1.54) is 11.1 Å². The maximum absolute atomic E-state index is 11.2. The van der Waals surface area contributed by atoms with E-state index in [0.717, 1.165) is 61.2 Å². The van der Waals surface area contributed by atoms with E-state index in [9.17, 15) is 14.7 Å². The first-order valence-electron chi connectivity index (χ1n) is 17.5. The van der Waals surface area contributed by atoms with Crippen LogP contribution in [0.15, 0.2) is 103 Å². The zero-order valence-electron chi connectivity index (χ0n) is 30.0. The van der Waals surface area contributed by atoms with Gasteiger partial charge in [0.15, 0.2) is 0 Å². The van der Waals surface area contributed by atoms with E-state index in [-0.39, 0.29) is 12.0 Å². The largest absolute Gasteiger partial charge is 0.489 e. The number of rotatable bonds is 17. The Bertz CT molecular complexity index is 1400. The van der Waals surface area contributed by atoms with Crippen LogP contribution in [0.1, 0.15) is 99.0 Å². The quantitative estimate of drug-likeness (QED) is 0.110. The molecule has 0 unspecified atom stereocenters. The molecule has 260 valence electrons. The number of ether oxygens (including phenoxy) is 1. The average molecular weight is 656 g/mol. The van der Waals surface area contributed by atoms with Gasteiger partial charge >= 0.3 is 11.9 Å². The smallest absolute Gasteiger partial charge is 0.335 e. The molecule has 2 N–H and O–H groups in total. The van der Waals surface area contributed by atoms with E-state index in [1.54, 1.807) is 12.1 Å². The summed E-state index contributed by atoms with van der Waals surface area (Å²) in [6.45, 7) is 14.7. The van der Waals surface area contributed by atoms with Gasteiger partial charge in [-0.05, 0) is 84.7 Å². The Morgan fingerprint density at radius 1 is 0.583 bits per heavy atom. The van der Waals surface area contributed by atoms with E-state index >= 15 is 0 Å². The van der Waals surface area contributed by atoms with E-state index in [2.05, 4.69) is 59.5 Å². The van der Waals surface area contributed by atoms with Gasteiger partial charge in [0.25, 0.3) is 0 Å². The van der Waals surface area contributed by atoms with Gasteiger partial charge in [0.2, 0.25) is 0 Å². The number of aryl methyl sites for hydroxylation is 2. The lowest BCUT2D eigenvalue weighted by Gasteiger charge is -2.23. The van der Waals surface area contributed by atoms with Crippen molar-refractivity contribution in [2.45, 2.75) is 93.2 Å². The molecule has 0 saturated carbocycles. The minimum atomic E-state index is -0.942. The van der Waals surface area contributed by atoms with E-state index in [4.69, 9.17) is 9.84 Å². The van der Waals surface area contributed by atoms with Crippen LogP contribution in [0.5, 0.6) is 5.75 Å². The van der Waals surface area contributed by atoms with E-state index < -0.39 is 11.9 Å². The van der Waals surface area contributed by atoms with Gasteiger partial charge in [0.1, 0.15) is 12.4 Å². The lowest BCUT2D eigenvalue weighted by atomic mass is 10.0. The number of carboxylic acid groups (broad SMARTS) is 2. The second-order valence-corrected chi connectivity index (χ2v) is 10.6. The molecule has 0 atom stereocenters. The summed E-state index contributed by atoms with van der Waals surface area (Å²) < 4.78 is 6.26. The standard InChI is InChI=1S/C36H39NO5.3C2H6/c38-35(39)12-6-7-24-37(26-30-19-21-33(22-20-30)36(40)41)25-23-32-10-4-5-11-34(32)42-27-31-17-15-29(16-18-31)14-13-28-8-2-1-3-9-28;3*1-2/h1-5,8-11,15-22H,6-7,12-14,23-27H2,(H,38,39)(H,40,41);3*1-2H3. The number of unbranched alkanes of at least 4 members (excludes halogenated alkanes) is 1. The van der Waals surface area contributed by atoms with Crippen LogP contribution in [-0.4, -0.2) is 40.1 Å². The Kier molecular flexibility index (Phi) is 22.2. The predicted octanol–water partition coefficient (Wildman–Crippen LogP) is 10.1. The van der Waals surface area contributed by atoms with Crippen LogP contribution in [0.3, 0.4) is 0 Å². The molecule has 0 radical (unpaired) electrons. The van der Waals surface area contributed by atoms with Crippen molar-refractivity contribution in [3.63, 3.8) is 0 Å². The number of nitrogens with zero attached hydrogens (tertiary/aromatic N) is 1. The Balaban J connectivity index is 0.00000182. The fourth-order valence-electron chi connectivity index (χ4n) is 4.92. The van der Waals surface area contributed by atoms with Crippen LogP contribution in [0.25, 0.3) is 0 Å². The summed E-state index contributed by atoms with van der Waals surface area (Å²) in [4.78, 5) is 24.5. The Morgan fingerprint density at radius 3 is 1.73 bits per heavy atom. The van der Waals surface area contributed by atoms with Crippen molar-refractivity contribution in [2.75, 3.05) is 13.1 Å². The molecule has 4 aromatic rings. The van der Waals surface area contributed by atoms with Crippen LogP contribution in [0.4, 0.5) is 0 Å². The Morgan fingerprint density at radius 2 is 1.12 bits per heavy atom. The van der Waals surface area contributed by atoms with Crippen molar-refractivity contribution in [1.29, 1.82) is 0 Å². The maximum atomic E-state index is 11.2. The number of carboxylic acids is 2. The van der Waals surface area contributed by atoms with Crippen LogP contribution < -0.4 is 4.74 Å². The Hall–Kier alpha value is -4.42. The Labute approximate surface area is 289 Å². The zero-order valence-corrected chi connectivity index (χ0v) is 30.0. The molecule has 0 aliphatic carbocycles. The first-order chi connectivity index (χ1) is 23.5. The molecule has 0 aromatic heterocycles. The molecule has 4 rings (SSSR count). The lowest BCUT2D eigenvalue weighted by molar-refractivity contribution is -0.137. The number of aromatic carboxylic acids is 1. The lowest BCUT2D eigenvalue weighted by Crippen LogP contribution is -2.27. The first kappa shape index (κ1) is 41.6. The average Bonchev–Trinajstić information content (AvgIpc) is 3.14. The van der Waals surface area contributed by atoms with Crippen LogP contribution in [0.2, 0.25) is 0 Å². The fourth-order valence-corrected chi connectivity index (χ4v) is 4.92. The molecule has 48 heavy (non-hydrogen) atoms. The predicted molar refractivity (Wildman–Crippen MR) is 199 cm³/mol. The molecular weight excluding hydrogens is 598 g/mol. The monoisotopic (exact) mass is 655 g/mol. The molecule has 0 aliphatic rings. The third-order valence-corrected chi connectivity index (χ3v) is 7.35. The highest BCUT2D eigenvalue weighted by Crippen LogP contribution is 2.21. The van der Waals surface area contributed by atoms with Gasteiger partial charge in [-0.2, -0.15) is 0 Å². The van der Waals surface area contributed by atoms with Crippen molar-refractivity contribution >= 4 is 11.9 Å². The molecule has 6 heteroatoms. The molecule has 0 heterocycles. The molecule has 0 saturated heterocycles. The van der Waals surface area contributed by atoms with Crippen molar-refractivity contribution < 1.29 is 24.5 Å². The second-order valence-electron chi connectivity index (χ2n) is 10.6. The van der Waals surface area contributed by atoms with Gasteiger partial charge < -0.3 is 14.9 Å². The number of carbonyl (C=O) groups is 2. The molecule has 0 aliphatic heterocycles. The van der Waals surface area contributed by atoms with Crippen LogP contribution in [-0.2, 0) is 37.2 Å². The minimum absolute atomic E-state index is 0.159. The molecule has 0 bridgehead atoms. The van der Waals surface area contributed by atoms with Gasteiger partial charge in [-0.3, -0.25) is 9.69 Å². The maximum Gasteiger partial charge on any atom is 0.335 e. The highest BCUT2D eigenvalue weighted by molar-refractivity contribution is 5.87. The number of aliphatic carboxylic acids is 1. The van der Waals surface area contributed by atoms with Gasteiger partial charge in [0, 0.05) is 19.5 Å². The van der Waals surface area contributed by atoms with Crippen molar-refractivity contribution in [2.24, 2.45) is 0 Å². The number of hydrogen-bond donors (Lipinski definition) is 2. The topological polar surface area (TPSA) is 87.1 Å². The summed E-state index contributed by atoms with van der Waals surface area (Å²) in [5, 5.41) is 18.2. The van der Waals surface area contributed by atoms with Gasteiger partial charge in [-0.25, -0.2) is 4.79 Å². The van der Waals surface area contributed by atoms with Gasteiger partial charge in [-0.15, -0.1) is 0 Å². The van der Waals surface area contributed by atoms with Crippen molar-refractivity contribution in [3.05, 3.63) is 137 Å².